The topological polar surface area (TPSA) is 69.5 Å². The van der Waals surface area contributed by atoms with E-state index in [0.29, 0.717) is 22.8 Å². The number of fused-ring (bicyclic) bond motifs is 1. The molecule has 3 aromatic carbocycles. The molecule has 1 aliphatic carbocycles. The lowest BCUT2D eigenvalue weighted by Gasteiger charge is -2.38. The fourth-order valence-corrected chi connectivity index (χ4v) is 7.11. The van der Waals surface area contributed by atoms with Crippen molar-refractivity contribution in [2.24, 2.45) is 0 Å². The maximum absolute atomic E-state index is 12.3. The molecule has 0 bridgehead atoms. The van der Waals surface area contributed by atoms with Crippen LogP contribution in [-0.2, 0) is 38.1 Å². The quantitative estimate of drug-likeness (QED) is 0.118. The number of hydrogen-bond donors (Lipinski definition) is 2. The molecule has 0 fully saturated rings. The van der Waals surface area contributed by atoms with Gasteiger partial charge in [-0.1, -0.05) is 90.1 Å². The third-order valence-corrected chi connectivity index (χ3v) is 8.97. The number of hydrogen-bond acceptors (Lipinski definition) is 6. The van der Waals surface area contributed by atoms with Crippen molar-refractivity contribution in [3.63, 3.8) is 0 Å². The Kier molecular flexibility index (Phi) is 8.94. The lowest BCUT2D eigenvalue weighted by atomic mass is 9.76. The van der Waals surface area contributed by atoms with Crippen molar-refractivity contribution in [1.29, 1.82) is 0 Å². The van der Waals surface area contributed by atoms with Crippen molar-refractivity contribution in [2.45, 2.75) is 56.1 Å². The summed E-state index contributed by atoms with van der Waals surface area (Å²) >= 11 is 11.7. The molecule has 2 N–H and O–H groups in total. The standard InChI is InChI=1S/C31H31BrClN3O2S/c1-39-30-34-25(24(20-37)29(33)35-30)17-31(38)16-8-13-23-14-15-26(28(32)27(23)31)36(18-21-9-4-2-5-10-21)19-22-11-6-3-7-12-22/h2-7,9-12,14-15,37-38H,8,13,16-20H2,1H3. The molecule has 39 heavy (non-hydrogen) atoms. The molecule has 0 amide bonds. The van der Waals surface area contributed by atoms with E-state index in [0.717, 1.165) is 47.2 Å². The van der Waals surface area contributed by atoms with Gasteiger partial charge >= 0.3 is 0 Å². The Labute approximate surface area is 247 Å². The highest BCUT2D eigenvalue weighted by atomic mass is 79.9. The van der Waals surface area contributed by atoms with Crippen LogP contribution in [0.25, 0.3) is 0 Å². The molecule has 1 unspecified atom stereocenters. The van der Waals surface area contributed by atoms with Crippen molar-refractivity contribution < 1.29 is 10.2 Å². The molecule has 202 valence electrons. The van der Waals surface area contributed by atoms with Crippen LogP contribution < -0.4 is 4.90 Å². The summed E-state index contributed by atoms with van der Waals surface area (Å²) in [7, 11) is 0. The number of rotatable bonds is 9. The maximum Gasteiger partial charge on any atom is 0.188 e. The van der Waals surface area contributed by atoms with E-state index in [4.69, 9.17) is 11.6 Å². The van der Waals surface area contributed by atoms with Crippen molar-refractivity contribution >= 4 is 45.0 Å². The predicted molar refractivity (Wildman–Crippen MR) is 162 cm³/mol. The molecule has 5 nitrogen and oxygen atoms in total. The molecule has 1 atom stereocenters. The number of thioether (sulfide) groups is 1. The zero-order valence-electron chi connectivity index (χ0n) is 21.8. The Morgan fingerprint density at radius 2 is 1.62 bits per heavy atom. The molecular formula is C31H31BrClN3O2S. The van der Waals surface area contributed by atoms with E-state index in [1.165, 1.54) is 22.9 Å². The van der Waals surface area contributed by atoms with Crippen LogP contribution in [0.3, 0.4) is 0 Å². The highest BCUT2D eigenvalue weighted by Gasteiger charge is 2.39. The number of aliphatic hydroxyl groups is 2. The average Bonchev–Trinajstić information content (AvgIpc) is 2.94. The van der Waals surface area contributed by atoms with E-state index in [9.17, 15) is 10.2 Å². The second-order valence-corrected chi connectivity index (χ2v) is 11.8. The summed E-state index contributed by atoms with van der Waals surface area (Å²) in [5.74, 6) is 0. The van der Waals surface area contributed by atoms with Crippen LogP contribution in [0.5, 0.6) is 0 Å². The number of aromatic nitrogens is 2. The van der Waals surface area contributed by atoms with Crippen LogP contribution in [-0.4, -0.2) is 26.4 Å². The first-order valence-corrected chi connectivity index (χ1v) is 15.4. The lowest BCUT2D eigenvalue weighted by molar-refractivity contribution is 0.0168. The molecule has 0 spiro atoms. The van der Waals surface area contributed by atoms with Gasteiger partial charge < -0.3 is 15.1 Å². The minimum absolute atomic E-state index is 0.233. The van der Waals surface area contributed by atoms with Gasteiger partial charge in [-0.25, -0.2) is 9.97 Å². The molecule has 4 aromatic rings. The first-order valence-electron chi connectivity index (χ1n) is 13.0. The largest absolute Gasteiger partial charge is 0.391 e. The second-order valence-electron chi connectivity index (χ2n) is 9.91. The summed E-state index contributed by atoms with van der Waals surface area (Å²) in [6.45, 7) is 1.16. The third kappa shape index (κ3) is 6.18. The maximum atomic E-state index is 12.3. The van der Waals surface area contributed by atoms with Crippen LogP contribution >= 0.6 is 39.3 Å². The Balaban J connectivity index is 1.58. The molecule has 1 aliphatic rings. The van der Waals surface area contributed by atoms with Gasteiger partial charge in [0.15, 0.2) is 5.16 Å². The number of benzene rings is 3. The normalized spacial score (nSPS) is 16.6. The fourth-order valence-electron chi connectivity index (χ4n) is 5.42. The van der Waals surface area contributed by atoms with E-state index in [1.807, 2.05) is 18.4 Å². The molecule has 0 radical (unpaired) electrons. The molecule has 0 saturated heterocycles. The number of nitrogens with zero attached hydrogens (tertiary/aromatic N) is 3. The zero-order chi connectivity index (χ0) is 27.4. The Morgan fingerprint density at radius 3 is 2.21 bits per heavy atom. The molecule has 5 rings (SSSR count). The van der Waals surface area contributed by atoms with Gasteiger partial charge in [0.25, 0.3) is 0 Å². The zero-order valence-corrected chi connectivity index (χ0v) is 24.9. The molecule has 8 heteroatoms. The number of aliphatic hydroxyl groups excluding tert-OH is 1. The summed E-state index contributed by atoms with van der Waals surface area (Å²) < 4.78 is 0.893. The van der Waals surface area contributed by atoms with E-state index in [1.54, 1.807) is 0 Å². The van der Waals surface area contributed by atoms with E-state index in [2.05, 4.69) is 91.5 Å². The summed E-state index contributed by atoms with van der Waals surface area (Å²) in [6.07, 6.45) is 4.46. The van der Waals surface area contributed by atoms with Crippen molar-refractivity contribution in [1.82, 2.24) is 9.97 Å². The van der Waals surface area contributed by atoms with E-state index in [-0.39, 0.29) is 18.2 Å². The second kappa shape index (κ2) is 12.4. The van der Waals surface area contributed by atoms with E-state index < -0.39 is 5.60 Å². The molecule has 0 aliphatic heterocycles. The summed E-state index contributed by atoms with van der Waals surface area (Å²) in [5, 5.41) is 23.1. The summed E-state index contributed by atoms with van der Waals surface area (Å²) in [4.78, 5) is 11.3. The van der Waals surface area contributed by atoms with Gasteiger partial charge in [0, 0.05) is 35.1 Å². The average molecular weight is 625 g/mol. The minimum Gasteiger partial charge on any atom is -0.391 e. The van der Waals surface area contributed by atoms with Gasteiger partial charge in [-0.15, -0.1) is 0 Å². The van der Waals surface area contributed by atoms with Crippen LogP contribution in [0.2, 0.25) is 5.15 Å². The Bertz CT molecular complexity index is 1400. The molecule has 0 saturated carbocycles. The van der Waals surface area contributed by atoms with Gasteiger partial charge in [-0.05, 0) is 64.2 Å². The highest BCUT2D eigenvalue weighted by Crippen LogP contribution is 2.46. The minimum atomic E-state index is -1.18. The Hall–Kier alpha value is -2.42. The first-order chi connectivity index (χ1) is 18.9. The fraction of sp³-hybridized carbons (Fsp3) is 0.290. The number of anilines is 1. The lowest BCUT2D eigenvalue weighted by Crippen LogP contribution is -2.35. The predicted octanol–water partition coefficient (Wildman–Crippen LogP) is 7.08. The van der Waals surface area contributed by atoms with Crippen molar-refractivity contribution in [2.75, 3.05) is 11.2 Å². The van der Waals surface area contributed by atoms with Crippen molar-refractivity contribution in [3.8, 4) is 0 Å². The smallest absolute Gasteiger partial charge is 0.188 e. The van der Waals surface area contributed by atoms with Crippen LogP contribution in [0, 0.1) is 0 Å². The first kappa shape index (κ1) is 28.1. The number of aryl methyl sites for hydroxylation is 1. The van der Waals surface area contributed by atoms with Crippen LogP contribution in [0.4, 0.5) is 5.69 Å². The summed E-state index contributed by atoms with van der Waals surface area (Å²) in [6, 6.07) is 25.2. The van der Waals surface area contributed by atoms with Gasteiger partial charge in [-0.3, -0.25) is 0 Å². The van der Waals surface area contributed by atoms with Crippen LogP contribution in [0.15, 0.2) is 82.4 Å². The van der Waals surface area contributed by atoms with Gasteiger partial charge in [-0.2, -0.15) is 0 Å². The van der Waals surface area contributed by atoms with Crippen molar-refractivity contribution in [3.05, 3.63) is 116 Å². The van der Waals surface area contributed by atoms with Crippen LogP contribution in [0.1, 0.15) is 46.4 Å². The van der Waals surface area contributed by atoms with E-state index >= 15 is 0 Å². The molecule has 1 heterocycles. The molecule has 1 aromatic heterocycles. The van der Waals surface area contributed by atoms with Gasteiger partial charge in [0.05, 0.1) is 23.6 Å². The Morgan fingerprint density at radius 1 is 0.974 bits per heavy atom. The number of halogens is 2. The third-order valence-electron chi connectivity index (χ3n) is 7.31. The SMILES string of the molecule is CSc1nc(Cl)c(CO)c(CC2(O)CCCc3ccc(N(Cc4ccccc4)Cc4ccccc4)c(Br)c32)n1. The van der Waals surface area contributed by atoms with Gasteiger partial charge in [0.1, 0.15) is 5.15 Å². The highest BCUT2D eigenvalue weighted by molar-refractivity contribution is 9.10. The van der Waals surface area contributed by atoms with Gasteiger partial charge in [0.2, 0.25) is 0 Å². The molecular weight excluding hydrogens is 594 g/mol. The monoisotopic (exact) mass is 623 g/mol. The summed E-state index contributed by atoms with van der Waals surface area (Å²) in [5.41, 5.74) is 5.33.